The predicted molar refractivity (Wildman–Crippen MR) is 108 cm³/mol. The Hall–Kier alpha value is -2.51. The molecule has 2 aliphatic heterocycles. The lowest BCUT2D eigenvalue weighted by atomic mass is 10.1. The van der Waals surface area contributed by atoms with Crippen LogP contribution in [-0.2, 0) is 11.2 Å². The molecule has 0 atom stereocenters. The fourth-order valence-electron chi connectivity index (χ4n) is 3.67. The van der Waals surface area contributed by atoms with E-state index in [0.717, 1.165) is 58.1 Å². The molecule has 3 heterocycles. The number of carbonyl (C=O) groups excluding carboxylic acids is 1. The number of amides is 1. The van der Waals surface area contributed by atoms with Gasteiger partial charge in [-0.1, -0.05) is 30.3 Å². The van der Waals surface area contributed by atoms with Gasteiger partial charge in [-0.15, -0.1) is 10.2 Å². The topological polar surface area (TPSA) is 61.8 Å². The van der Waals surface area contributed by atoms with Gasteiger partial charge in [0.15, 0.2) is 11.5 Å². The average Bonchev–Trinajstić information content (AvgIpc) is 2.79. The maximum Gasteiger partial charge on any atom is 0.274 e. The summed E-state index contributed by atoms with van der Waals surface area (Å²) in [5, 5.41) is 8.45. The van der Waals surface area contributed by atoms with Gasteiger partial charge in [0.05, 0.1) is 13.2 Å². The molecule has 7 nitrogen and oxygen atoms in total. The van der Waals surface area contributed by atoms with E-state index in [2.05, 4.69) is 44.3 Å². The van der Waals surface area contributed by atoms with Gasteiger partial charge in [-0.3, -0.25) is 9.69 Å². The molecular weight excluding hydrogens is 354 g/mol. The number of carbonyl (C=O) groups is 1. The van der Waals surface area contributed by atoms with Gasteiger partial charge < -0.3 is 14.5 Å². The van der Waals surface area contributed by atoms with Gasteiger partial charge in [-0.05, 0) is 24.1 Å². The third-order valence-corrected chi connectivity index (χ3v) is 5.42. The second kappa shape index (κ2) is 9.12. The first kappa shape index (κ1) is 18.8. The van der Waals surface area contributed by atoms with Crippen LogP contribution in [0.1, 0.15) is 16.1 Å². The van der Waals surface area contributed by atoms with E-state index >= 15 is 0 Å². The molecule has 2 saturated heterocycles. The molecule has 1 amide bonds. The predicted octanol–water partition coefficient (Wildman–Crippen LogP) is 1.31. The highest BCUT2D eigenvalue weighted by Crippen LogP contribution is 2.13. The Kier molecular flexibility index (Phi) is 6.14. The van der Waals surface area contributed by atoms with Crippen LogP contribution in [0.15, 0.2) is 42.5 Å². The van der Waals surface area contributed by atoms with Gasteiger partial charge in [0.2, 0.25) is 0 Å². The van der Waals surface area contributed by atoms with Gasteiger partial charge in [-0.25, -0.2) is 0 Å². The van der Waals surface area contributed by atoms with Crippen molar-refractivity contribution in [2.45, 2.75) is 6.42 Å². The first-order chi connectivity index (χ1) is 13.8. The summed E-state index contributed by atoms with van der Waals surface area (Å²) in [6, 6.07) is 14.2. The molecule has 28 heavy (non-hydrogen) atoms. The van der Waals surface area contributed by atoms with E-state index in [4.69, 9.17) is 4.74 Å². The molecule has 4 rings (SSSR count). The van der Waals surface area contributed by atoms with E-state index < -0.39 is 0 Å². The molecule has 148 valence electrons. The molecule has 1 aromatic carbocycles. The Morgan fingerprint density at radius 3 is 2.32 bits per heavy atom. The molecule has 0 saturated carbocycles. The molecule has 0 radical (unpaired) electrons. The zero-order valence-corrected chi connectivity index (χ0v) is 16.2. The zero-order chi connectivity index (χ0) is 19.2. The Morgan fingerprint density at radius 2 is 1.64 bits per heavy atom. The normalized spacial score (nSPS) is 18.3. The lowest BCUT2D eigenvalue weighted by Crippen LogP contribution is -2.49. The molecule has 7 heteroatoms. The molecule has 0 N–H and O–H groups in total. The van der Waals surface area contributed by atoms with Crippen LogP contribution in [0, 0.1) is 0 Å². The van der Waals surface area contributed by atoms with Gasteiger partial charge in [0, 0.05) is 45.8 Å². The summed E-state index contributed by atoms with van der Waals surface area (Å²) >= 11 is 0. The van der Waals surface area contributed by atoms with Crippen LogP contribution in [0.25, 0.3) is 0 Å². The number of nitrogens with zero attached hydrogens (tertiary/aromatic N) is 5. The van der Waals surface area contributed by atoms with E-state index in [1.54, 1.807) is 6.07 Å². The molecule has 1 aromatic heterocycles. The van der Waals surface area contributed by atoms with Crippen LogP contribution in [0.5, 0.6) is 0 Å². The van der Waals surface area contributed by atoms with Crippen LogP contribution in [0.2, 0.25) is 0 Å². The summed E-state index contributed by atoms with van der Waals surface area (Å²) in [4.78, 5) is 19.2. The van der Waals surface area contributed by atoms with E-state index in [-0.39, 0.29) is 5.91 Å². The highest BCUT2D eigenvalue weighted by Gasteiger charge is 2.23. The van der Waals surface area contributed by atoms with Crippen LogP contribution in [-0.4, -0.2) is 84.9 Å². The molecule has 2 aliphatic rings. The van der Waals surface area contributed by atoms with Gasteiger partial charge >= 0.3 is 0 Å². The molecular formula is C21H27N5O2. The number of morpholine rings is 1. The van der Waals surface area contributed by atoms with Crippen LogP contribution in [0.4, 0.5) is 5.82 Å². The van der Waals surface area contributed by atoms with Crippen molar-refractivity contribution in [2.75, 3.05) is 63.9 Å². The number of aromatic nitrogens is 2. The number of benzene rings is 1. The lowest BCUT2D eigenvalue weighted by Gasteiger charge is -2.34. The molecule has 2 fully saturated rings. The largest absolute Gasteiger partial charge is 0.378 e. The molecule has 0 spiro atoms. The third-order valence-electron chi connectivity index (χ3n) is 5.42. The van der Waals surface area contributed by atoms with Gasteiger partial charge in [0.1, 0.15) is 0 Å². The van der Waals surface area contributed by atoms with Crippen molar-refractivity contribution in [1.29, 1.82) is 0 Å². The monoisotopic (exact) mass is 381 g/mol. The van der Waals surface area contributed by atoms with Gasteiger partial charge in [-0.2, -0.15) is 0 Å². The lowest BCUT2D eigenvalue weighted by molar-refractivity contribution is 0.0631. The van der Waals surface area contributed by atoms with E-state index in [9.17, 15) is 4.79 Å². The SMILES string of the molecule is O=C(c1ccc(N2CCOCC2)nn1)N1CCN(CCc2ccccc2)CC1. The fourth-order valence-corrected chi connectivity index (χ4v) is 3.67. The zero-order valence-electron chi connectivity index (χ0n) is 16.2. The third kappa shape index (κ3) is 4.66. The van der Waals surface area contributed by atoms with Crippen LogP contribution < -0.4 is 4.90 Å². The van der Waals surface area contributed by atoms with Crippen molar-refractivity contribution in [3.63, 3.8) is 0 Å². The fraction of sp³-hybridized carbons (Fsp3) is 0.476. The Balaban J connectivity index is 1.26. The number of piperazine rings is 1. The van der Waals surface area contributed by atoms with E-state index in [0.29, 0.717) is 18.9 Å². The van der Waals surface area contributed by atoms with Crippen molar-refractivity contribution < 1.29 is 9.53 Å². The Bertz CT molecular complexity index is 754. The first-order valence-electron chi connectivity index (χ1n) is 10.0. The minimum absolute atomic E-state index is 0.0243. The van der Waals surface area contributed by atoms with Crippen molar-refractivity contribution >= 4 is 11.7 Å². The number of rotatable bonds is 5. The number of anilines is 1. The number of ether oxygens (including phenoxy) is 1. The first-order valence-corrected chi connectivity index (χ1v) is 10.0. The minimum Gasteiger partial charge on any atom is -0.378 e. The molecule has 0 bridgehead atoms. The summed E-state index contributed by atoms with van der Waals surface area (Å²) in [5.74, 6) is 0.786. The minimum atomic E-state index is -0.0243. The van der Waals surface area contributed by atoms with Crippen LogP contribution in [0.3, 0.4) is 0 Å². The summed E-state index contributed by atoms with van der Waals surface area (Å²) in [6.07, 6.45) is 1.04. The maximum absolute atomic E-state index is 12.7. The summed E-state index contributed by atoms with van der Waals surface area (Å²) in [6.45, 7) is 7.34. The summed E-state index contributed by atoms with van der Waals surface area (Å²) in [5.41, 5.74) is 1.78. The highest BCUT2D eigenvalue weighted by molar-refractivity contribution is 5.92. The van der Waals surface area contributed by atoms with E-state index in [1.165, 1.54) is 5.56 Å². The summed E-state index contributed by atoms with van der Waals surface area (Å²) in [7, 11) is 0. The maximum atomic E-state index is 12.7. The Morgan fingerprint density at radius 1 is 0.893 bits per heavy atom. The van der Waals surface area contributed by atoms with Crippen molar-refractivity contribution in [1.82, 2.24) is 20.0 Å². The smallest absolute Gasteiger partial charge is 0.274 e. The number of hydrogen-bond donors (Lipinski definition) is 0. The number of hydrogen-bond acceptors (Lipinski definition) is 6. The van der Waals surface area contributed by atoms with Crippen LogP contribution >= 0.6 is 0 Å². The standard InChI is InChI=1S/C21H27N5O2/c27-21(19-6-7-20(23-22-19)25-14-16-28-17-15-25)26-12-10-24(11-13-26)9-8-18-4-2-1-3-5-18/h1-7H,8-17H2. The quantitative estimate of drug-likeness (QED) is 0.778. The Labute approximate surface area is 165 Å². The second-order valence-electron chi connectivity index (χ2n) is 7.25. The van der Waals surface area contributed by atoms with E-state index in [1.807, 2.05) is 17.0 Å². The average molecular weight is 381 g/mol. The molecule has 2 aromatic rings. The highest BCUT2D eigenvalue weighted by atomic mass is 16.5. The van der Waals surface area contributed by atoms with Gasteiger partial charge in [0.25, 0.3) is 5.91 Å². The van der Waals surface area contributed by atoms with Crippen molar-refractivity contribution in [3.8, 4) is 0 Å². The van der Waals surface area contributed by atoms with Crippen molar-refractivity contribution in [2.24, 2.45) is 0 Å². The molecule has 0 aliphatic carbocycles. The summed E-state index contributed by atoms with van der Waals surface area (Å²) < 4.78 is 5.36. The molecule has 0 unspecified atom stereocenters. The van der Waals surface area contributed by atoms with Crippen molar-refractivity contribution in [3.05, 3.63) is 53.7 Å². The second-order valence-corrected chi connectivity index (χ2v) is 7.25.